The third-order valence-corrected chi connectivity index (χ3v) is 3.23. The molecule has 18 heavy (non-hydrogen) atoms. The van der Waals surface area contributed by atoms with Crippen molar-refractivity contribution >= 4 is 17.3 Å². The Kier molecular flexibility index (Phi) is 4.21. The van der Waals surface area contributed by atoms with Gasteiger partial charge in [0.2, 0.25) is 0 Å². The van der Waals surface area contributed by atoms with Crippen molar-refractivity contribution in [2.24, 2.45) is 0 Å². The lowest BCUT2D eigenvalue weighted by molar-refractivity contribution is 0.961. The number of benzene rings is 1. The molecule has 2 aromatic rings. The van der Waals surface area contributed by atoms with Crippen molar-refractivity contribution in [2.75, 3.05) is 11.9 Å². The molecule has 0 bridgehead atoms. The maximum Gasteiger partial charge on any atom is 0.0589 e. The molecule has 0 atom stereocenters. The lowest BCUT2D eigenvalue weighted by atomic mass is 10.1. The van der Waals surface area contributed by atoms with Crippen molar-refractivity contribution in [3.63, 3.8) is 0 Å². The van der Waals surface area contributed by atoms with Crippen molar-refractivity contribution in [3.8, 4) is 0 Å². The van der Waals surface area contributed by atoms with Crippen LogP contribution in [0.3, 0.4) is 0 Å². The normalized spacial score (nSPS) is 10.4. The molecule has 1 N–H and O–H groups in total. The van der Waals surface area contributed by atoms with Crippen LogP contribution in [0.25, 0.3) is 0 Å². The highest BCUT2D eigenvalue weighted by Crippen LogP contribution is 2.14. The molecular formula is C15H17ClN2. The van der Waals surface area contributed by atoms with Crippen LogP contribution in [-0.4, -0.2) is 11.5 Å². The highest BCUT2D eigenvalue weighted by molar-refractivity contribution is 6.30. The number of aryl methyl sites for hydroxylation is 2. The van der Waals surface area contributed by atoms with Gasteiger partial charge in [-0.05, 0) is 49.2 Å². The average molecular weight is 261 g/mol. The molecule has 0 fully saturated rings. The SMILES string of the molecule is Cc1ccc(NCCc2ccc(Cl)cn2)cc1C. The fourth-order valence-electron chi connectivity index (χ4n) is 1.74. The number of aromatic nitrogens is 1. The standard InChI is InChI=1S/C15H17ClN2/c1-11-3-5-15(9-12(11)2)17-8-7-14-6-4-13(16)10-18-14/h3-6,9-10,17H,7-8H2,1-2H3. The van der Waals surface area contributed by atoms with Gasteiger partial charge in [-0.3, -0.25) is 4.98 Å². The maximum atomic E-state index is 5.80. The largest absolute Gasteiger partial charge is 0.385 e. The Hall–Kier alpha value is -1.54. The molecule has 1 heterocycles. The first-order valence-corrected chi connectivity index (χ1v) is 6.44. The van der Waals surface area contributed by atoms with Crippen LogP contribution in [0.1, 0.15) is 16.8 Å². The van der Waals surface area contributed by atoms with Gasteiger partial charge < -0.3 is 5.32 Å². The molecule has 0 saturated carbocycles. The average Bonchev–Trinajstić information content (AvgIpc) is 2.36. The summed E-state index contributed by atoms with van der Waals surface area (Å²) in [4.78, 5) is 4.27. The second-order valence-electron chi connectivity index (χ2n) is 4.44. The van der Waals surface area contributed by atoms with Gasteiger partial charge in [0.05, 0.1) is 5.02 Å². The smallest absolute Gasteiger partial charge is 0.0589 e. The molecule has 0 aliphatic carbocycles. The number of anilines is 1. The second kappa shape index (κ2) is 5.87. The van der Waals surface area contributed by atoms with Gasteiger partial charge in [-0.2, -0.15) is 0 Å². The third-order valence-electron chi connectivity index (χ3n) is 3.01. The summed E-state index contributed by atoms with van der Waals surface area (Å²) in [6.07, 6.45) is 2.58. The molecule has 0 spiro atoms. The van der Waals surface area contributed by atoms with Crippen LogP contribution in [-0.2, 0) is 6.42 Å². The number of hydrogen-bond donors (Lipinski definition) is 1. The van der Waals surface area contributed by atoms with E-state index >= 15 is 0 Å². The molecule has 0 saturated heterocycles. The summed E-state index contributed by atoms with van der Waals surface area (Å²) in [5.41, 5.74) is 4.84. The fraction of sp³-hybridized carbons (Fsp3) is 0.267. The van der Waals surface area contributed by atoms with Gasteiger partial charge in [-0.25, -0.2) is 0 Å². The summed E-state index contributed by atoms with van der Waals surface area (Å²) in [6, 6.07) is 10.3. The molecule has 0 aliphatic heterocycles. The lowest BCUT2D eigenvalue weighted by Crippen LogP contribution is -2.06. The number of rotatable bonds is 4. The van der Waals surface area contributed by atoms with Crippen LogP contribution in [0.2, 0.25) is 5.02 Å². The predicted molar refractivity (Wildman–Crippen MR) is 77.4 cm³/mol. The van der Waals surface area contributed by atoms with E-state index in [2.05, 4.69) is 42.3 Å². The number of pyridine rings is 1. The molecule has 1 aromatic carbocycles. The van der Waals surface area contributed by atoms with E-state index in [1.807, 2.05) is 12.1 Å². The zero-order chi connectivity index (χ0) is 13.0. The summed E-state index contributed by atoms with van der Waals surface area (Å²) in [7, 11) is 0. The summed E-state index contributed by atoms with van der Waals surface area (Å²) < 4.78 is 0. The molecular weight excluding hydrogens is 244 g/mol. The molecule has 0 unspecified atom stereocenters. The number of halogens is 1. The van der Waals surface area contributed by atoms with Crippen molar-refractivity contribution < 1.29 is 0 Å². The fourth-order valence-corrected chi connectivity index (χ4v) is 1.85. The van der Waals surface area contributed by atoms with Gasteiger partial charge in [0.1, 0.15) is 0 Å². The molecule has 2 rings (SSSR count). The van der Waals surface area contributed by atoms with Gasteiger partial charge >= 0.3 is 0 Å². The minimum Gasteiger partial charge on any atom is -0.385 e. The molecule has 2 nitrogen and oxygen atoms in total. The van der Waals surface area contributed by atoms with Gasteiger partial charge in [-0.15, -0.1) is 0 Å². The first kappa shape index (κ1) is 12.9. The van der Waals surface area contributed by atoms with Crippen molar-refractivity contribution in [2.45, 2.75) is 20.3 Å². The van der Waals surface area contributed by atoms with E-state index in [1.54, 1.807) is 6.20 Å². The molecule has 1 aromatic heterocycles. The van der Waals surface area contributed by atoms with Crippen LogP contribution in [0.15, 0.2) is 36.5 Å². The zero-order valence-corrected chi connectivity index (χ0v) is 11.5. The Morgan fingerprint density at radius 3 is 2.61 bits per heavy atom. The van der Waals surface area contributed by atoms with Crippen molar-refractivity contribution in [3.05, 3.63) is 58.4 Å². The van der Waals surface area contributed by atoms with E-state index in [1.165, 1.54) is 11.1 Å². The minimum absolute atomic E-state index is 0.681. The number of nitrogens with zero attached hydrogens (tertiary/aromatic N) is 1. The predicted octanol–water partition coefficient (Wildman–Crippen LogP) is 4.01. The topological polar surface area (TPSA) is 24.9 Å². The van der Waals surface area contributed by atoms with Crippen LogP contribution in [0, 0.1) is 13.8 Å². The molecule has 94 valence electrons. The summed E-state index contributed by atoms with van der Waals surface area (Å²) in [6.45, 7) is 5.12. The van der Waals surface area contributed by atoms with Crippen LogP contribution >= 0.6 is 11.6 Å². The Labute approximate surface area is 113 Å². The monoisotopic (exact) mass is 260 g/mol. The van der Waals surface area contributed by atoms with E-state index < -0.39 is 0 Å². The first-order valence-electron chi connectivity index (χ1n) is 6.07. The first-order chi connectivity index (χ1) is 8.65. The Balaban J connectivity index is 1.88. The van der Waals surface area contributed by atoms with Crippen molar-refractivity contribution in [1.29, 1.82) is 0 Å². The van der Waals surface area contributed by atoms with Gasteiger partial charge in [0, 0.05) is 30.5 Å². The molecule has 0 radical (unpaired) electrons. The van der Waals surface area contributed by atoms with Crippen molar-refractivity contribution in [1.82, 2.24) is 4.98 Å². The minimum atomic E-state index is 0.681. The van der Waals surface area contributed by atoms with Crippen LogP contribution in [0.5, 0.6) is 0 Å². The Bertz CT molecular complexity index is 521. The highest BCUT2D eigenvalue weighted by atomic mass is 35.5. The highest BCUT2D eigenvalue weighted by Gasteiger charge is 1.97. The molecule has 0 aliphatic rings. The maximum absolute atomic E-state index is 5.80. The Morgan fingerprint density at radius 1 is 1.11 bits per heavy atom. The van der Waals surface area contributed by atoms with E-state index in [0.29, 0.717) is 5.02 Å². The summed E-state index contributed by atoms with van der Waals surface area (Å²) >= 11 is 5.80. The van der Waals surface area contributed by atoms with Gasteiger partial charge in [0.25, 0.3) is 0 Å². The number of nitrogens with one attached hydrogen (secondary N) is 1. The molecule has 3 heteroatoms. The lowest BCUT2D eigenvalue weighted by Gasteiger charge is -2.08. The Morgan fingerprint density at radius 2 is 1.94 bits per heavy atom. The van der Waals surface area contributed by atoms with E-state index in [-0.39, 0.29) is 0 Å². The third kappa shape index (κ3) is 3.47. The zero-order valence-electron chi connectivity index (χ0n) is 10.7. The van der Waals surface area contributed by atoms with Crippen LogP contribution in [0.4, 0.5) is 5.69 Å². The second-order valence-corrected chi connectivity index (χ2v) is 4.88. The quantitative estimate of drug-likeness (QED) is 0.899. The summed E-state index contributed by atoms with van der Waals surface area (Å²) in [5.74, 6) is 0. The van der Waals surface area contributed by atoms with E-state index in [4.69, 9.17) is 11.6 Å². The molecule has 0 amide bonds. The summed E-state index contributed by atoms with van der Waals surface area (Å²) in [5, 5.41) is 4.08. The van der Waals surface area contributed by atoms with E-state index in [0.717, 1.165) is 24.3 Å². The van der Waals surface area contributed by atoms with Gasteiger partial charge in [0.15, 0.2) is 0 Å². The van der Waals surface area contributed by atoms with Crippen LogP contribution < -0.4 is 5.32 Å². The number of hydrogen-bond acceptors (Lipinski definition) is 2. The van der Waals surface area contributed by atoms with E-state index in [9.17, 15) is 0 Å². The van der Waals surface area contributed by atoms with Gasteiger partial charge in [-0.1, -0.05) is 17.7 Å².